The molecule has 0 aliphatic carbocycles. The lowest BCUT2D eigenvalue weighted by Crippen LogP contribution is -2.37. The first-order valence-corrected chi connectivity index (χ1v) is 7.44. The Hall–Kier alpha value is -1.86. The van der Waals surface area contributed by atoms with Gasteiger partial charge >= 0.3 is 5.69 Å². The van der Waals surface area contributed by atoms with Crippen LogP contribution in [0.5, 0.6) is 0 Å². The van der Waals surface area contributed by atoms with Crippen molar-refractivity contribution in [1.29, 1.82) is 0 Å². The molecule has 0 spiro atoms. The maximum absolute atomic E-state index is 12.2. The highest BCUT2D eigenvalue weighted by molar-refractivity contribution is 5.85. The Kier molecular flexibility index (Phi) is 6.78. The summed E-state index contributed by atoms with van der Waals surface area (Å²) >= 11 is 0. The average molecular weight is 342 g/mol. The molecule has 2 aromatic heterocycles. The van der Waals surface area contributed by atoms with E-state index in [2.05, 4.69) is 18.9 Å². The second-order valence-corrected chi connectivity index (χ2v) is 5.88. The minimum Gasteiger partial charge on any atom is -0.344 e. The molecule has 0 fully saturated rings. The SMILES string of the molecule is CC(C)C(N)CCN(C)C(=O)Cn1nc2ccccn2c1=O.Cl. The highest BCUT2D eigenvalue weighted by atomic mass is 35.5. The number of hydrogen-bond acceptors (Lipinski definition) is 4. The molecule has 0 radical (unpaired) electrons. The summed E-state index contributed by atoms with van der Waals surface area (Å²) in [5.41, 5.74) is 6.21. The van der Waals surface area contributed by atoms with Gasteiger partial charge in [-0.1, -0.05) is 19.9 Å². The molecule has 7 nitrogen and oxygen atoms in total. The van der Waals surface area contributed by atoms with Gasteiger partial charge in [0.15, 0.2) is 5.65 Å². The lowest BCUT2D eigenvalue weighted by molar-refractivity contribution is -0.130. The van der Waals surface area contributed by atoms with E-state index in [9.17, 15) is 9.59 Å². The third kappa shape index (κ3) is 4.56. The van der Waals surface area contributed by atoms with Gasteiger partial charge in [-0.05, 0) is 24.5 Å². The third-order valence-corrected chi connectivity index (χ3v) is 3.85. The Morgan fingerprint density at radius 2 is 2.09 bits per heavy atom. The molecular formula is C15H24ClN5O2. The molecule has 2 N–H and O–H groups in total. The second kappa shape index (κ2) is 8.12. The number of fused-ring (bicyclic) bond motifs is 1. The van der Waals surface area contributed by atoms with Crippen LogP contribution in [0.2, 0.25) is 0 Å². The van der Waals surface area contributed by atoms with Crippen molar-refractivity contribution < 1.29 is 4.79 Å². The number of aromatic nitrogens is 3. The van der Waals surface area contributed by atoms with Gasteiger partial charge in [-0.2, -0.15) is 0 Å². The molecule has 2 rings (SSSR count). The Labute approximate surface area is 141 Å². The normalized spacial score (nSPS) is 12.2. The molecular weight excluding hydrogens is 318 g/mol. The molecule has 0 aliphatic rings. The maximum Gasteiger partial charge on any atom is 0.350 e. The van der Waals surface area contributed by atoms with Gasteiger partial charge in [-0.25, -0.2) is 9.48 Å². The van der Waals surface area contributed by atoms with Crippen LogP contribution in [0.4, 0.5) is 0 Å². The van der Waals surface area contributed by atoms with Crippen molar-refractivity contribution in [1.82, 2.24) is 19.1 Å². The van der Waals surface area contributed by atoms with Crippen LogP contribution in [0.3, 0.4) is 0 Å². The number of amides is 1. The fraction of sp³-hybridized carbons (Fsp3) is 0.533. The topological polar surface area (TPSA) is 85.6 Å². The fourth-order valence-corrected chi connectivity index (χ4v) is 2.12. The number of rotatable bonds is 6. The van der Waals surface area contributed by atoms with Crippen molar-refractivity contribution in [3.63, 3.8) is 0 Å². The molecule has 0 bridgehead atoms. The molecule has 128 valence electrons. The Morgan fingerprint density at radius 3 is 2.70 bits per heavy atom. The summed E-state index contributed by atoms with van der Waals surface area (Å²) in [6.07, 6.45) is 2.37. The summed E-state index contributed by atoms with van der Waals surface area (Å²) in [6, 6.07) is 5.34. The quantitative estimate of drug-likeness (QED) is 0.840. The van der Waals surface area contributed by atoms with Crippen molar-refractivity contribution in [2.24, 2.45) is 11.7 Å². The minimum absolute atomic E-state index is 0. The Morgan fingerprint density at radius 1 is 1.39 bits per heavy atom. The first kappa shape index (κ1) is 19.2. The minimum atomic E-state index is -0.309. The second-order valence-electron chi connectivity index (χ2n) is 5.88. The number of likely N-dealkylation sites (N-methyl/N-ethyl adjacent to an activating group) is 1. The maximum atomic E-state index is 12.2. The summed E-state index contributed by atoms with van der Waals surface area (Å²) in [5, 5.41) is 4.15. The molecule has 0 saturated heterocycles. The van der Waals surface area contributed by atoms with Gasteiger partial charge in [0, 0.05) is 25.8 Å². The van der Waals surface area contributed by atoms with E-state index in [-0.39, 0.29) is 36.6 Å². The fourth-order valence-electron chi connectivity index (χ4n) is 2.12. The molecule has 1 atom stereocenters. The van der Waals surface area contributed by atoms with Gasteiger partial charge < -0.3 is 10.6 Å². The third-order valence-electron chi connectivity index (χ3n) is 3.85. The highest BCUT2D eigenvalue weighted by Gasteiger charge is 2.15. The lowest BCUT2D eigenvalue weighted by Gasteiger charge is -2.21. The van der Waals surface area contributed by atoms with Gasteiger partial charge in [-0.3, -0.25) is 9.20 Å². The zero-order valence-electron chi connectivity index (χ0n) is 13.7. The highest BCUT2D eigenvalue weighted by Crippen LogP contribution is 2.04. The molecule has 23 heavy (non-hydrogen) atoms. The Balaban J connectivity index is 0.00000264. The molecule has 2 heterocycles. The van der Waals surface area contributed by atoms with Crippen LogP contribution in [0.15, 0.2) is 29.2 Å². The monoisotopic (exact) mass is 341 g/mol. The van der Waals surface area contributed by atoms with Crippen LogP contribution in [0, 0.1) is 5.92 Å². The van der Waals surface area contributed by atoms with Crippen LogP contribution < -0.4 is 11.4 Å². The van der Waals surface area contributed by atoms with Gasteiger partial charge in [0.1, 0.15) is 6.54 Å². The van der Waals surface area contributed by atoms with E-state index in [4.69, 9.17) is 5.73 Å². The van der Waals surface area contributed by atoms with E-state index < -0.39 is 0 Å². The van der Waals surface area contributed by atoms with E-state index >= 15 is 0 Å². The van der Waals surface area contributed by atoms with Gasteiger partial charge in [0.2, 0.25) is 5.91 Å². The predicted octanol–water partition coefficient (Wildman–Crippen LogP) is 0.750. The van der Waals surface area contributed by atoms with Gasteiger partial charge in [0.25, 0.3) is 0 Å². The van der Waals surface area contributed by atoms with Crippen molar-refractivity contribution in [2.45, 2.75) is 32.9 Å². The number of nitrogens with zero attached hydrogens (tertiary/aromatic N) is 4. The van der Waals surface area contributed by atoms with Crippen molar-refractivity contribution in [3.05, 3.63) is 34.9 Å². The van der Waals surface area contributed by atoms with Crippen LogP contribution in [0.25, 0.3) is 5.65 Å². The van der Waals surface area contributed by atoms with Crippen LogP contribution in [0.1, 0.15) is 20.3 Å². The zero-order valence-corrected chi connectivity index (χ0v) is 14.5. The first-order chi connectivity index (χ1) is 10.4. The van der Waals surface area contributed by atoms with E-state index in [0.717, 1.165) is 6.42 Å². The summed E-state index contributed by atoms with van der Waals surface area (Å²) < 4.78 is 2.61. The molecule has 0 saturated carbocycles. The van der Waals surface area contributed by atoms with Gasteiger partial charge in [0.05, 0.1) is 0 Å². The smallest absolute Gasteiger partial charge is 0.344 e. The van der Waals surface area contributed by atoms with Crippen molar-refractivity contribution in [3.8, 4) is 0 Å². The summed E-state index contributed by atoms with van der Waals surface area (Å²) in [7, 11) is 1.72. The number of carbonyl (C=O) groups excluding carboxylic acids is 1. The van der Waals surface area contributed by atoms with E-state index in [1.807, 2.05) is 0 Å². The summed E-state index contributed by atoms with van der Waals surface area (Å²) in [5.74, 6) is 0.228. The van der Waals surface area contributed by atoms with Gasteiger partial charge in [-0.15, -0.1) is 17.5 Å². The van der Waals surface area contributed by atoms with Crippen LogP contribution in [-0.2, 0) is 11.3 Å². The number of hydrogen-bond donors (Lipinski definition) is 1. The average Bonchev–Trinajstić information content (AvgIpc) is 2.81. The number of nitrogens with two attached hydrogens (primary N) is 1. The molecule has 0 aromatic carbocycles. The first-order valence-electron chi connectivity index (χ1n) is 7.44. The van der Waals surface area contributed by atoms with Crippen LogP contribution >= 0.6 is 12.4 Å². The lowest BCUT2D eigenvalue weighted by atomic mass is 10.0. The van der Waals surface area contributed by atoms with E-state index in [1.165, 1.54) is 9.08 Å². The standard InChI is InChI=1S/C15H23N5O2.ClH/c1-11(2)12(16)7-9-18(3)14(21)10-20-15(22)19-8-5-4-6-13(19)17-20;/h4-6,8,11-12H,7,9-10,16H2,1-3H3;1H. The largest absolute Gasteiger partial charge is 0.350 e. The van der Waals surface area contributed by atoms with Crippen LogP contribution in [-0.4, -0.2) is 44.6 Å². The number of carbonyl (C=O) groups is 1. The van der Waals surface area contributed by atoms with Crippen molar-refractivity contribution in [2.75, 3.05) is 13.6 Å². The molecule has 8 heteroatoms. The molecule has 2 aromatic rings. The predicted molar refractivity (Wildman–Crippen MR) is 91.8 cm³/mol. The molecule has 0 aliphatic heterocycles. The number of halogens is 1. The van der Waals surface area contributed by atoms with E-state index in [0.29, 0.717) is 18.1 Å². The van der Waals surface area contributed by atoms with Crippen molar-refractivity contribution >= 4 is 24.0 Å². The Bertz CT molecular complexity index is 709. The number of pyridine rings is 1. The summed E-state index contributed by atoms with van der Waals surface area (Å²) in [4.78, 5) is 25.9. The zero-order chi connectivity index (χ0) is 16.3. The van der Waals surface area contributed by atoms with E-state index in [1.54, 1.807) is 36.3 Å². The molecule has 1 amide bonds. The summed E-state index contributed by atoms with van der Waals surface area (Å²) in [6.45, 7) is 4.62. The molecule has 1 unspecified atom stereocenters.